The average molecular weight is 287 g/mol. The van der Waals surface area contributed by atoms with Crippen LogP contribution in [0.4, 0.5) is 0 Å². The number of hydrogen-bond acceptors (Lipinski definition) is 0. The average Bonchev–Trinajstić information content (AvgIpc) is 2.39. The van der Waals surface area contributed by atoms with Crippen molar-refractivity contribution >= 4 is 11.6 Å². The second kappa shape index (κ2) is 6.45. The molecule has 0 N–H and O–H groups in total. The van der Waals surface area contributed by atoms with Crippen LogP contribution < -0.4 is 0 Å². The van der Waals surface area contributed by atoms with Crippen molar-refractivity contribution in [3.63, 3.8) is 0 Å². The van der Waals surface area contributed by atoms with E-state index in [2.05, 4.69) is 64.1 Å². The zero-order chi connectivity index (χ0) is 14.7. The van der Waals surface area contributed by atoms with Gasteiger partial charge in [0.1, 0.15) is 0 Å². The molecule has 20 heavy (non-hydrogen) atoms. The van der Waals surface area contributed by atoms with Gasteiger partial charge < -0.3 is 0 Å². The Kier molecular flexibility index (Phi) is 4.88. The fourth-order valence-corrected chi connectivity index (χ4v) is 2.96. The lowest BCUT2D eigenvalue weighted by Crippen LogP contribution is -1.96. The van der Waals surface area contributed by atoms with E-state index in [9.17, 15) is 0 Å². The van der Waals surface area contributed by atoms with E-state index in [-0.39, 0.29) is 0 Å². The normalized spacial score (nSPS) is 11.1. The van der Waals surface area contributed by atoms with Crippen LogP contribution in [-0.2, 0) is 12.8 Å². The van der Waals surface area contributed by atoms with Gasteiger partial charge in [-0.05, 0) is 60.9 Å². The summed E-state index contributed by atoms with van der Waals surface area (Å²) >= 11 is 6.36. The van der Waals surface area contributed by atoms with E-state index in [1.165, 1.54) is 27.8 Å². The Balaban J connectivity index is 2.11. The first-order valence-electron chi connectivity index (χ1n) is 7.32. The maximum absolute atomic E-state index is 6.36. The lowest BCUT2D eigenvalue weighted by atomic mass is 9.96. The second-order valence-electron chi connectivity index (χ2n) is 5.94. The van der Waals surface area contributed by atoms with E-state index >= 15 is 0 Å². The van der Waals surface area contributed by atoms with Gasteiger partial charge in [0, 0.05) is 5.02 Å². The third kappa shape index (κ3) is 3.64. The lowest BCUT2D eigenvalue weighted by molar-refractivity contribution is 0.862. The van der Waals surface area contributed by atoms with E-state index in [0.717, 1.165) is 17.9 Å². The second-order valence-corrected chi connectivity index (χ2v) is 6.35. The Morgan fingerprint density at radius 3 is 2.35 bits per heavy atom. The van der Waals surface area contributed by atoms with Crippen LogP contribution in [0.1, 0.15) is 47.6 Å². The van der Waals surface area contributed by atoms with Crippen LogP contribution in [0.15, 0.2) is 36.4 Å². The quantitative estimate of drug-likeness (QED) is 0.660. The Morgan fingerprint density at radius 2 is 1.70 bits per heavy atom. The van der Waals surface area contributed by atoms with Crippen molar-refractivity contribution < 1.29 is 0 Å². The maximum atomic E-state index is 6.36. The fourth-order valence-electron chi connectivity index (χ4n) is 2.54. The van der Waals surface area contributed by atoms with Crippen molar-refractivity contribution in [3.05, 3.63) is 69.2 Å². The maximum Gasteiger partial charge on any atom is 0.0443 e. The largest absolute Gasteiger partial charge is 0.0840 e. The van der Waals surface area contributed by atoms with E-state index in [0.29, 0.717) is 5.92 Å². The first kappa shape index (κ1) is 15.1. The van der Waals surface area contributed by atoms with Gasteiger partial charge in [0.2, 0.25) is 0 Å². The van der Waals surface area contributed by atoms with Crippen molar-refractivity contribution in [3.8, 4) is 0 Å². The molecule has 0 spiro atoms. The van der Waals surface area contributed by atoms with E-state index in [1.807, 2.05) is 0 Å². The molecule has 0 saturated heterocycles. The van der Waals surface area contributed by atoms with Gasteiger partial charge in [0.25, 0.3) is 0 Å². The van der Waals surface area contributed by atoms with E-state index in [1.54, 1.807) is 0 Å². The summed E-state index contributed by atoms with van der Waals surface area (Å²) in [4.78, 5) is 0. The van der Waals surface area contributed by atoms with Crippen molar-refractivity contribution in [2.24, 2.45) is 0 Å². The molecule has 0 unspecified atom stereocenters. The SMILES string of the molecule is Cc1ccc(C)c(CCc2ccc(C(C)C)c(Cl)c2)c1. The summed E-state index contributed by atoms with van der Waals surface area (Å²) in [6.45, 7) is 8.69. The topological polar surface area (TPSA) is 0 Å². The molecule has 0 aromatic heterocycles. The Bertz CT molecular complexity index is 597. The molecular formula is C19H23Cl. The van der Waals surface area contributed by atoms with Gasteiger partial charge in [-0.1, -0.05) is 61.3 Å². The molecule has 0 saturated carbocycles. The number of benzene rings is 2. The highest BCUT2D eigenvalue weighted by atomic mass is 35.5. The highest BCUT2D eigenvalue weighted by molar-refractivity contribution is 6.31. The predicted molar refractivity (Wildman–Crippen MR) is 88.9 cm³/mol. The molecule has 0 amide bonds. The van der Waals surface area contributed by atoms with Crippen molar-refractivity contribution in [2.45, 2.75) is 46.5 Å². The molecule has 0 aliphatic heterocycles. The number of rotatable bonds is 4. The van der Waals surface area contributed by atoms with Gasteiger partial charge in [-0.15, -0.1) is 0 Å². The van der Waals surface area contributed by atoms with Crippen molar-refractivity contribution in [1.82, 2.24) is 0 Å². The Morgan fingerprint density at radius 1 is 0.950 bits per heavy atom. The smallest absolute Gasteiger partial charge is 0.0443 e. The molecule has 2 rings (SSSR count). The van der Waals surface area contributed by atoms with Crippen LogP contribution >= 0.6 is 11.6 Å². The molecule has 1 heteroatoms. The lowest BCUT2D eigenvalue weighted by Gasteiger charge is -2.11. The first-order chi connectivity index (χ1) is 9.47. The molecule has 106 valence electrons. The highest BCUT2D eigenvalue weighted by Gasteiger charge is 2.06. The highest BCUT2D eigenvalue weighted by Crippen LogP contribution is 2.26. The molecule has 0 bridgehead atoms. The zero-order valence-electron chi connectivity index (χ0n) is 12.8. The van der Waals surface area contributed by atoms with Gasteiger partial charge in [0.15, 0.2) is 0 Å². The van der Waals surface area contributed by atoms with Crippen LogP contribution in [0.2, 0.25) is 5.02 Å². The summed E-state index contributed by atoms with van der Waals surface area (Å²) in [5.41, 5.74) is 6.70. The molecular weight excluding hydrogens is 264 g/mol. The summed E-state index contributed by atoms with van der Waals surface area (Å²) < 4.78 is 0. The zero-order valence-corrected chi connectivity index (χ0v) is 13.6. The number of aryl methyl sites for hydroxylation is 4. The third-order valence-electron chi connectivity index (χ3n) is 3.87. The van der Waals surface area contributed by atoms with Crippen LogP contribution in [-0.4, -0.2) is 0 Å². The van der Waals surface area contributed by atoms with E-state index in [4.69, 9.17) is 11.6 Å². The van der Waals surface area contributed by atoms with Gasteiger partial charge in [0.05, 0.1) is 0 Å². The standard InChI is InChI=1S/C19H23Cl/c1-13(2)18-10-8-16(12-19(18)20)7-9-17-11-14(3)5-6-15(17)4/h5-6,8,10-13H,7,9H2,1-4H3. The Hall–Kier alpha value is -1.27. The summed E-state index contributed by atoms with van der Waals surface area (Å²) in [6.07, 6.45) is 2.12. The van der Waals surface area contributed by atoms with Crippen LogP contribution in [0, 0.1) is 13.8 Å². The van der Waals surface area contributed by atoms with Crippen molar-refractivity contribution in [1.29, 1.82) is 0 Å². The molecule has 0 atom stereocenters. The molecule has 0 aliphatic rings. The minimum absolute atomic E-state index is 0.482. The van der Waals surface area contributed by atoms with Gasteiger partial charge in [-0.25, -0.2) is 0 Å². The first-order valence-corrected chi connectivity index (χ1v) is 7.69. The number of hydrogen-bond donors (Lipinski definition) is 0. The molecule has 0 heterocycles. The molecule has 0 nitrogen and oxygen atoms in total. The summed E-state index contributed by atoms with van der Waals surface area (Å²) in [6, 6.07) is 13.2. The van der Waals surface area contributed by atoms with Gasteiger partial charge in [-0.3, -0.25) is 0 Å². The van der Waals surface area contributed by atoms with Crippen LogP contribution in [0.3, 0.4) is 0 Å². The summed E-state index contributed by atoms with van der Waals surface area (Å²) in [7, 11) is 0. The van der Waals surface area contributed by atoms with Gasteiger partial charge >= 0.3 is 0 Å². The predicted octanol–water partition coefficient (Wildman–Crippen LogP) is 5.87. The molecule has 0 radical (unpaired) electrons. The van der Waals surface area contributed by atoms with Crippen LogP contribution in [0.25, 0.3) is 0 Å². The summed E-state index contributed by atoms with van der Waals surface area (Å²) in [5, 5.41) is 0.901. The number of halogens is 1. The third-order valence-corrected chi connectivity index (χ3v) is 4.20. The van der Waals surface area contributed by atoms with E-state index < -0.39 is 0 Å². The summed E-state index contributed by atoms with van der Waals surface area (Å²) in [5.74, 6) is 0.482. The minimum Gasteiger partial charge on any atom is -0.0840 e. The van der Waals surface area contributed by atoms with Gasteiger partial charge in [-0.2, -0.15) is 0 Å². The molecule has 0 fully saturated rings. The van der Waals surface area contributed by atoms with Crippen LogP contribution in [0.5, 0.6) is 0 Å². The molecule has 2 aromatic carbocycles. The minimum atomic E-state index is 0.482. The monoisotopic (exact) mass is 286 g/mol. The molecule has 2 aromatic rings. The molecule has 0 aliphatic carbocycles. The van der Waals surface area contributed by atoms with Crippen molar-refractivity contribution in [2.75, 3.05) is 0 Å². The fraction of sp³-hybridized carbons (Fsp3) is 0.368. The Labute approximate surface area is 127 Å².